The Hall–Kier alpha value is -2.14. The average molecular weight is 263 g/mol. The summed E-state index contributed by atoms with van der Waals surface area (Å²) >= 11 is 0. The molecule has 0 bridgehead atoms. The third-order valence-corrected chi connectivity index (χ3v) is 2.90. The number of ether oxygens (including phenoxy) is 1. The fourth-order valence-corrected chi connectivity index (χ4v) is 1.83. The first-order chi connectivity index (χ1) is 9.02. The van der Waals surface area contributed by atoms with E-state index in [0.29, 0.717) is 11.3 Å². The monoisotopic (exact) mass is 263 g/mol. The van der Waals surface area contributed by atoms with E-state index in [4.69, 9.17) is 10.2 Å². The van der Waals surface area contributed by atoms with Crippen molar-refractivity contribution < 1.29 is 18.3 Å². The SMILES string of the molecule is COC(=O)c1ccc(C(N)c2cc(F)ccc2C)o1. The molecule has 1 atom stereocenters. The van der Waals surface area contributed by atoms with E-state index in [-0.39, 0.29) is 11.6 Å². The quantitative estimate of drug-likeness (QED) is 0.864. The van der Waals surface area contributed by atoms with Crippen LogP contribution < -0.4 is 5.73 Å². The highest BCUT2D eigenvalue weighted by Crippen LogP contribution is 2.25. The first-order valence-electron chi connectivity index (χ1n) is 5.72. The number of halogens is 1. The molecule has 2 N–H and O–H groups in total. The highest BCUT2D eigenvalue weighted by molar-refractivity contribution is 5.86. The Balaban J connectivity index is 2.33. The summed E-state index contributed by atoms with van der Waals surface area (Å²) in [6.07, 6.45) is 0. The Morgan fingerprint density at radius 1 is 1.37 bits per heavy atom. The van der Waals surface area contributed by atoms with Crippen LogP contribution in [0.3, 0.4) is 0 Å². The molecule has 2 rings (SSSR count). The number of nitrogens with two attached hydrogens (primary N) is 1. The topological polar surface area (TPSA) is 65.5 Å². The minimum Gasteiger partial charge on any atom is -0.463 e. The molecule has 5 heteroatoms. The van der Waals surface area contributed by atoms with Gasteiger partial charge in [-0.1, -0.05) is 6.07 Å². The zero-order chi connectivity index (χ0) is 14.0. The Kier molecular flexibility index (Phi) is 3.66. The van der Waals surface area contributed by atoms with E-state index in [1.165, 1.54) is 25.3 Å². The molecule has 0 spiro atoms. The molecule has 4 nitrogen and oxygen atoms in total. The average Bonchev–Trinajstić information content (AvgIpc) is 2.89. The molecule has 1 unspecified atom stereocenters. The van der Waals surface area contributed by atoms with Crippen LogP contribution in [0.2, 0.25) is 0 Å². The number of methoxy groups -OCH3 is 1. The number of aryl methyl sites for hydroxylation is 1. The zero-order valence-electron chi connectivity index (χ0n) is 10.6. The van der Waals surface area contributed by atoms with Crippen molar-refractivity contribution >= 4 is 5.97 Å². The van der Waals surface area contributed by atoms with Gasteiger partial charge in [0, 0.05) is 0 Å². The zero-order valence-corrected chi connectivity index (χ0v) is 10.6. The number of carbonyl (C=O) groups is 1. The maximum absolute atomic E-state index is 13.3. The summed E-state index contributed by atoms with van der Waals surface area (Å²) in [7, 11) is 1.27. The van der Waals surface area contributed by atoms with Crippen LogP contribution in [-0.2, 0) is 4.74 Å². The van der Waals surface area contributed by atoms with Crippen molar-refractivity contribution in [3.63, 3.8) is 0 Å². The molecule has 1 heterocycles. The van der Waals surface area contributed by atoms with Crippen LogP contribution >= 0.6 is 0 Å². The van der Waals surface area contributed by atoms with E-state index < -0.39 is 12.0 Å². The van der Waals surface area contributed by atoms with Crippen molar-refractivity contribution in [2.75, 3.05) is 7.11 Å². The number of hydrogen-bond donors (Lipinski definition) is 1. The molecular formula is C14H14FNO3. The van der Waals surface area contributed by atoms with Gasteiger partial charge < -0.3 is 14.9 Å². The van der Waals surface area contributed by atoms with Crippen molar-refractivity contribution in [3.8, 4) is 0 Å². The van der Waals surface area contributed by atoms with Gasteiger partial charge >= 0.3 is 5.97 Å². The number of hydrogen-bond acceptors (Lipinski definition) is 4. The molecular weight excluding hydrogens is 249 g/mol. The minimum atomic E-state index is -0.630. The number of rotatable bonds is 3. The number of carbonyl (C=O) groups excluding carboxylic acids is 1. The summed E-state index contributed by atoms with van der Waals surface area (Å²) in [5, 5.41) is 0. The summed E-state index contributed by atoms with van der Waals surface area (Å²) in [6, 6.07) is 6.81. The van der Waals surface area contributed by atoms with Crippen molar-refractivity contribution in [1.82, 2.24) is 0 Å². The summed E-state index contributed by atoms with van der Waals surface area (Å²) in [6.45, 7) is 1.83. The summed E-state index contributed by atoms with van der Waals surface area (Å²) in [5.74, 6) is -0.485. The molecule has 1 aromatic heterocycles. The first-order valence-corrected chi connectivity index (χ1v) is 5.72. The van der Waals surface area contributed by atoms with Crippen LogP contribution in [0.4, 0.5) is 4.39 Å². The van der Waals surface area contributed by atoms with Crippen LogP contribution in [0.25, 0.3) is 0 Å². The number of furan rings is 1. The Morgan fingerprint density at radius 2 is 2.11 bits per heavy atom. The Labute approximate surface area is 110 Å². The molecule has 0 aliphatic heterocycles. The van der Waals surface area contributed by atoms with Crippen LogP contribution in [-0.4, -0.2) is 13.1 Å². The molecule has 0 saturated heterocycles. The van der Waals surface area contributed by atoms with Gasteiger partial charge in [0.15, 0.2) is 0 Å². The van der Waals surface area contributed by atoms with Gasteiger partial charge in [0.05, 0.1) is 13.2 Å². The van der Waals surface area contributed by atoms with Crippen molar-refractivity contribution in [2.24, 2.45) is 5.73 Å². The van der Waals surface area contributed by atoms with Crippen LogP contribution in [0, 0.1) is 12.7 Å². The lowest BCUT2D eigenvalue weighted by molar-refractivity contribution is 0.0562. The van der Waals surface area contributed by atoms with E-state index in [1.54, 1.807) is 12.1 Å². The standard InChI is InChI=1S/C14H14FNO3/c1-8-3-4-9(15)7-10(8)13(16)11-5-6-12(19-11)14(17)18-2/h3-7,13H,16H2,1-2H3. The van der Waals surface area contributed by atoms with Crippen molar-refractivity contribution in [1.29, 1.82) is 0 Å². The highest BCUT2D eigenvalue weighted by atomic mass is 19.1. The van der Waals surface area contributed by atoms with Crippen LogP contribution in [0.15, 0.2) is 34.7 Å². The Bertz CT molecular complexity index is 606. The molecule has 2 aromatic rings. The molecule has 0 fully saturated rings. The van der Waals surface area contributed by atoms with Gasteiger partial charge in [-0.05, 0) is 42.3 Å². The second-order valence-corrected chi connectivity index (χ2v) is 4.17. The third kappa shape index (κ3) is 2.66. The van der Waals surface area contributed by atoms with Crippen molar-refractivity contribution in [3.05, 3.63) is 58.8 Å². The van der Waals surface area contributed by atoms with Crippen LogP contribution in [0.1, 0.15) is 33.5 Å². The van der Waals surface area contributed by atoms with E-state index in [2.05, 4.69) is 4.74 Å². The van der Waals surface area contributed by atoms with E-state index >= 15 is 0 Å². The maximum Gasteiger partial charge on any atom is 0.373 e. The van der Waals surface area contributed by atoms with E-state index in [0.717, 1.165) is 5.56 Å². The number of benzene rings is 1. The second kappa shape index (κ2) is 5.24. The molecule has 19 heavy (non-hydrogen) atoms. The van der Waals surface area contributed by atoms with Gasteiger partial charge in [0.2, 0.25) is 5.76 Å². The fourth-order valence-electron chi connectivity index (χ4n) is 1.83. The van der Waals surface area contributed by atoms with Gasteiger partial charge in [0.25, 0.3) is 0 Å². The number of esters is 1. The maximum atomic E-state index is 13.3. The van der Waals surface area contributed by atoms with Gasteiger partial charge in [-0.25, -0.2) is 9.18 Å². The normalized spacial score (nSPS) is 12.2. The second-order valence-electron chi connectivity index (χ2n) is 4.17. The summed E-state index contributed by atoms with van der Waals surface area (Å²) < 4.78 is 23.1. The smallest absolute Gasteiger partial charge is 0.373 e. The van der Waals surface area contributed by atoms with E-state index in [1.807, 2.05) is 6.92 Å². The van der Waals surface area contributed by atoms with Gasteiger partial charge in [-0.15, -0.1) is 0 Å². The van der Waals surface area contributed by atoms with Gasteiger partial charge in [0.1, 0.15) is 11.6 Å². The van der Waals surface area contributed by atoms with Crippen molar-refractivity contribution in [2.45, 2.75) is 13.0 Å². The lowest BCUT2D eigenvalue weighted by Gasteiger charge is -2.12. The Morgan fingerprint density at radius 3 is 2.79 bits per heavy atom. The minimum absolute atomic E-state index is 0.0713. The largest absolute Gasteiger partial charge is 0.463 e. The van der Waals surface area contributed by atoms with E-state index in [9.17, 15) is 9.18 Å². The lowest BCUT2D eigenvalue weighted by Crippen LogP contribution is -2.13. The third-order valence-electron chi connectivity index (χ3n) is 2.90. The summed E-state index contributed by atoms with van der Waals surface area (Å²) in [5.41, 5.74) is 7.50. The first kappa shape index (κ1) is 13.3. The predicted octanol–water partition coefficient (Wildman–Crippen LogP) is 2.56. The molecule has 0 amide bonds. The summed E-state index contributed by atoms with van der Waals surface area (Å²) in [4.78, 5) is 11.3. The lowest BCUT2D eigenvalue weighted by atomic mass is 10.00. The molecule has 100 valence electrons. The van der Waals surface area contributed by atoms with Gasteiger partial charge in [-0.3, -0.25) is 0 Å². The molecule has 1 aromatic carbocycles. The molecule has 0 aliphatic carbocycles. The van der Waals surface area contributed by atoms with Crippen LogP contribution in [0.5, 0.6) is 0 Å². The molecule has 0 saturated carbocycles. The molecule has 0 radical (unpaired) electrons. The van der Waals surface area contributed by atoms with Gasteiger partial charge in [-0.2, -0.15) is 0 Å². The highest BCUT2D eigenvalue weighted by Gasteiger charge is 2.18. The molecule has 0 aliphatic rings. The predicted molar refractivity (Wildman–Crippen MR) is 67.2 cm³/mol. The fraction of sp³-hybridized carbons (Fsp3) is 0.214.